The lowest BCUT2D eigenvalue weighted by molar-refractivity contribution is 0.0288. The molecule has 0 spiro atoms. The molecule has 0 bridgehead atoms. The molecule has 1 unspecified atom stereocenters. The zero-order chi connectivity index (χ0) is 36.9. The van der Waals surface area contributed by atoms with Gasteiger partial charge < -0.3 is 38.4 Å². The maximum atomic E-state index is 12.3. The molecule has 282 valence electrons. The topological polar surface area (TPSA) is 133 Å². The standard InChI is InChI=1S/C14H15N3O.C14H17NO3.C13H13NO4/c18-14(17-8-2-1-3-9-17)11-4-5-12-13(10-11)16-7-6-15-12;16-14(15-6-2-1-3-7-15)11-4-5-12-13(10-11)18-9-8-17-12;15-13-8-6-10-11(17-5-4-16-10)7-9(8)18-12-2-1-3-14(12)13/h4-7,10H,1-3,8-9H2;4-5,10H,1-3,6-9H2;6-7,12H,1-5H2. The van der Waals surface area contributed by atoms with Crippen LogP contribution in [0.2, 0.25) is 0 Å². The van der Waals surface area contributed by atoms with Crippen molar-refractivity contribution in [3.8, 4) is 28.7 Å². The number of fused-ring (bicyclic) bond motifs is 5. The number of piperidine rings is 2. The Morgan fingerprint density at radius 2 is 1.11 bits per heavy atom. The predicted octanol–water partition coefficient (Wildman–Crippen LogP) is 5.75. The summed E-state index contributed by atoms with van der Waals surface area (Å²) < 4.78 is 27.8. The molecule has 0 saturated carbocycles. The van der Waals surface area contributed by atoms with Crippen LogP contribution in [0.3, 0.4) is 0 Å². The summed E-state index contributed by atoms with van der Waals surface area (Å²) in [6, 6.07) is 14.5. The SMILES string of the molecule is O=C(c1ccc2c(c1)OCCO2)N1CCCCC1.O=C(c1ccc2nccnc2c1)N1CCCCC1.O=C1c2cc3c(cc2OC2CCCN12)OCCO3. The van der Waals surface area contributed by atoms with Gasteiger partial charge in [-0.3, -0.25) is 24.4 Å². The largest absolute Gasteiger partial charge is 0.486 e. The van der Waals surface area contributed by atoms with Crippen LogP contribution in [-0.4, -0.2) is 108 Å². The highest BCUT2D eigenvalue weighted by Crippen LogP contribution is 2.41. The fourth-order valence-corrected chi connectivity index (χ4v) is 7.56. The monoisotopic (exact) mass is 735 g/mol. The van der Waals surface area contributed by atoms with Crippen molar-refractivity contribution in [2.45, 2.75) is 57.6 Å². The summed E-state index contributed by atoms with van der Waals surface area (Å²) in [5.74, 6) is 3.59. The molecule has 0 aliphatic carbocycles. The van der Waals surface area contributed by atoms with Crippen LogP contribution in [0.4, 0.5) is 0 Å². The first-order valence-corrected chi connectivity index (χ1v) is 19.1. The summed E-state index contributed by atoms with van der Waals surface area (Å²) in [5.41, 5.74) is 3.59. The van der Waals surface area contributed by atoms with Gasteiger partial charge in [0.15, 0.2) is 29.2 Å². The van der Waals surface area contributed by atoms with Crippen LogP contribution >= 0.6 is 0 Å². The number of likely N-dealkylation sites (tertiary alicyclic amines) is 2. The number of benzene rings is 3. The van der Waals surface area contributed by atoms with Gasteiger partial charge in [0.2, 0.25) is 0 Å². The fraction of sp³-hybridized carbons (Fsp3) is 0.439. The average Bonchev–Trinajstić information content (AvgIpc) is 3.72. The van der Waals surface area contributed by atoms with E-state index in [-0.39, 0.29) is 23.9 Å². The van der Waals surface area contributed by atoms with Crippen molar-refractivity contribution in [1.82, 2.24) is 24.7 Å². The number of ether oxygens (including phenoxy) is 5. The molecule has 13 nitrogen and oxygen atoms in total. The molecule has 4 aromatic rings. The number of nitrogens with zero attached hydrogens (tertiary/aromatic N) is 5. The molecule has 7 heterocycles. The molecule has 54 heavy (non-hydrogen) atoms. The van der Waals surface area contributed by atoms with Gasteiger partial charge in [0.1, 0.15) is 32.2 Å². The van der Waals surface area contributed by atoms with Crippen molar-refractivity contribution in [3.05, 3.63) is 77.6 Å². The molecule has 1 aromatic heterocycles. The van der Waals surface area contributed by atoms with E-state index in [0.717, 1.165) is 88.0 Å². The van der Waals surface area contributed by atoms with E-state index in [9.17, 15) is 14.4 Å². The average molecular weight is 736 g/mol. The first-order valence-electron chi connectivity index (χ1n) is 19.1. The highest BCUT2D eigenvalue weighted by Gasteiger charge is 2.38. The molecule has 6 aliphatic heterocycles. The molecule has 10 rings (SSSR count). The molecular formula is C41H45N5O8. The van der Waals surface area contributed by atoms with E-state index in [1.54, 1.807) is 35.5 Å². The lowest BCUT2D eigenvalue weighted by Crippen LogP contribution is -2.43. The van der Waals surface area contributed by atoms with Gasteiger partial charge in [-0.1, -0.05) is 0 Å². The Morgan fingerprint density at radius 1 is 0.556 bits per heavy atom. The third kappa shape index (κ3) is 7.71. The van der Waals surface area contributed by atoms with Gasteiger partial charge in [-0.25, -0.2) is 0 Å². The molecule has 0 radical (unpaired) electrons. The molecule has 3 saturated heterocycles. The summed E-state index contributed by atoms with van der Waals surface area (Å²) in [4.78, 5) is 51.1. The van der Waals surface area contributed by atoms with Crippen LogP contribution in [0, 0.1) is 0 Å². The van der Waals surface area contributed by atoms with Crippen LogP contribution in [-0.2, 0) is 0 Å². The maximum absolute atomic E-state index is 12.3. The number of hydrogen-bond donors (Lipinski definition) is 0. The third-order valence-corrected chi connectivity index (χ3v) is 10.4. The Labute approximate surface area is 314 Å². The first kappa shape index (κ1) is 35.4. The summed E-state index contributed by atoms with van der Waals surface area (Å²) in [5, 5.41) is 0. The number of hydrogen-bond acceptors (Lipinski definition) is 10. The molecular weight excluding hydrogens is 690 g/mol. The van der Waals surface area contributed by atoms with Gasteiger partial charge in [0, 0.05) is 74.8 Å². The summed E-state index contributed by atoms with van der Waals surface area (Å²) >= 11 is 0. The van der Waals surface area contributed by atoms with Crippen molar-refractivity contribution >= 4 is 28.8 Å². The zero-order valence-electron chi connectivity index (χ0n) is 30.4. The van der Waals surface area contributed by atoms with Crippen molar-refractivity contribution in [3.63, 3.8) is 0 Å². The Kier molecular flexibility index (Phi) is 10.6. The maximum Gasteiger partial charge on any atom is 0.260 e. The molecule has 1 atom stereocenters. The van der Waals surface area contributed by atoms with E-state index in [1.807, 2.05) is 40.1 Å². The Bertz CT molecular complexity index is 2010. The molecule has 3 aromatic carbocycles. The van der Waals surface area contributed by atoms with Gasteiger partial charge in [0.05, 0.1) is 16.6 Å². The van der Waals surface area contributed by atoms with Crippen molar-refractivity contribution in [2.75, 3.05) is 59.2 Å². The number of carbonyl (C=O) groups excluding carboxylic acids is 3. The van der Waals surface area contributed by atoms with Crippen LogP contribution < -0.4 is 23.7 Å². The summed E-state index contributed by atoms with van der Waals surface area (Å²) in [6.07, 6.45) is 12.0. The lowest BCUT2D eigenvalue weighted by Gasteiger charge is -2.32. The highest BCUT2D eigenvalue weighted by atomic mass is 16.6. The summed E-state index contributed by atoms with van der Waals surface area (Å²) in [7, 11) is 0. The van der Waals surface area contributed by atoms with E-state index in [1.165, 1.54) is 12.8 Å². The second kappa shape index (κ2) is 16.2. The number of rotatable bonds is 2. The molecule has 3 fully saturated rings. The Morgan fingerprint density at radius 3 is 1.78 bits per heavy atom. The van der Waals surface area contributed by atoms with Gasteiger partial charge in [-0.15, -0.1) is 0 Å². The quantitative estimate of drug-likeness (QED) is 0.251. The minimum Gasteiger partial charge on any atom is -0.486 e. The molecule has 13 heteroatoms. The van der Waals surface area contributed by atoms with Crippen LogP contribution in [0.1, 0.15) is 82.4 Å². The van der Waals surface area contributed by atoms with Crippen LogP contribution in [0.5, 0.6) is 28.7 Å². The number of amides is 3. The number of aromatic nitrogens is 2. The Hall–Kier alpha value is -5.59. The Balaban J connectivity index is 0.000000115. The second-order valence-electron chi connectivity index (χ2n) is 14.0. The van der Waals surface area contributed by atoms with Gasteiger partial charge >= 0.3 is 0 Å². The van der Waals surface area contributed by atoms with E-state index in [2.05, 4.69) is 9.97 Å². The zero-order valence-corrected chi connectivity index (χ0v) is 30.4. The van der Waals surface area contributed by atoms with E-state index in [0.29, 0.717) is 66.1 Å². The number of carbonyl (C=O) groups is 3. The van der Waals surface area contributed by atoms with Gasteiger partial charge in [0.25, 0.3) is 17.7 Å². The third-order valence-electron chi connectivity index (χ3n) is 10.4. The van der Waals surface area contributed by atoms with E-state index in [4.69, 9.17) is 23.7 Å². The highest BCUT2D eigenvalue weighted by molar-refractivity contribution is 5.99. The fourth-order valence-electron chi connectivity index (χ4n) is 7.56. The minimum absolute atomic E-state index is 0.0377. The smallest absolute Gasteiger partial charge is 0.260 e. The molecule has 0 N–H and O–H groups in total. The van der Waals surface area contributed by atoms with Crippen molar-refractivity contribution in [2.24, 2.45) is 0 Å². The first-order chi connectivity index (χ1) is 26.5. The summed E-state index contributed by atoms with van der Waals surface area (Å²) in [6.45, 7) is 6.44. The van der Waals surface area contributed by atoms with E-state index >= 15 is 0 Å². The van der Waals surface area contributed by atoms with E-state index < -0.39 is 0 Å². The van der Waals surface area contributed by atoms with Crippen LogP contribution in [0.25, 0.3) is 11.0 Å². The van der Waals surface area contributed by atoms with Gasteiger partial charge in [-0.05, 0) is 81.3 Å². The molecule has 3 amide bonds. The van der Waals surface area contributed by atoms with Crippen molar-refractivity contribution in [1.29, 1.82) is 0 Å². The molecule has 6 aliphatic rings. The van der Waals surface area contributed by atoms with Crippen LogP contribution in [0.15, 0.2) is 60.9 Å². The lowest BCUT2D eigenvalue weighted by atomic mass is 10.1. The predicted molar refractivity (Wildman–Crippen MR) is 199 cm³/mol. The van der Waals surface area contributed by atoms with Gasteiger partial charge in [-0.2, -0.15) is 0 Å². The second-order valence-corrected chi connectivity index (χ2v) is 14.0. The normalized spacial score (nSPS) is 19.6. The van der Waals surface area contributed by atoms with Crippen molar-refractivity contribution < 1.29 is 38.1 Å². The minimum atomic E-state index is -0.104.